The van der Waals surface area contributed by atoms with Crippen LogP contribution in [0.4, 0.5) is 0 Å². The van der Waals surface area contributed by atoms with Gasteiger partial charge in [0.05, 0.1) is 5.41 Å². The zero-order valence-electron chi connectivity index (χ0n) is 21.0. The molecular formula is C25H34N2O7S. The SMILES string of the molecule is CC(C)CC(C)(C)C(=O)OCOC(=O)[C@@H]1N2C(=O)[C@@H](NC(=O)COc3ccccc3)[C@H]2SC1(C)C. The van der Waals surface area contributed by atoms with Gasteiger partial charge in [0.15, 0.2) is 6.61 Å². The monoisotopic (exact) mass is 506 g/mol. The Morgan fingerprint density at radius 3 is 2.43 bits per heavy atom. The summed E-state index contributed by atoms with van der Waals surface area (Å²) in [6.45, 7) is 10.5. The first-order valence-corrected chi connectivity index (χ1v) is 12.5. The Kier molecular flexibility index (Phi) is 8.03. The molecule has 35 heavy (non-hydrogen) atoms. The van der Waals surface area contributed by atoms with Gasteiger partial charge in [-0.3, -0.25) is 14.4 Å². The number of para-hydroxylation sites is 1. The molecule has 0 radical (unpaired) electrons. The Labute approximate surface area is 210 Å². The summed E-state index contributed by atoms with van der Waals surface area (Å²) in [7, 11) is 0. The number of nitrogens with one attached hydrogen (secondary N) is 1. The largest absolute Gasteiger partial charge is 0.484 e. The van der Waals surface area contributed by atoms with Crippen molar-refractivity contribution in [2.45, 2.75) is 70.2 Å². The quantitative estimate of drug-likeness (QED) is 0.293. The fraction of sp³-hybridized carbons (Fsp3) is 0.600. The molecule has 0 aromatic heterocycles. The van der Waals surface area contributed by atoms with Crippen molar-refractivity contribution in [3.05, 3.63) is 30.3 Å². The number of hydrogen-bond donors (Lipinski definition) is 1. The number of carbonyl (C=O) groups is 4. The molecule has 0 aliphatic carbocycles. The average Bonchev–Trinajstić information content (AvgIpc) is 3.03. The van der Waals surface area contributed by atoms with Crippen LogP contribution >= 0.6 is 11.8 Å². The minimum absolute atomic E-state index is 0.224. The van der Waals surface area contributed by atoms with E-state index in [1.807, 2.05) is 33.8 Å². The first kappa shape index (κ1) is 26.8. The fourth-order valence-electron chi connectivity index (χ4n) is 4.53. The molecule has 1 aromatic rings. The third-order valence-electron chi connectivity index (χ3n) is 5.96. The summed E-state index contributed by atoms with van der Waals surface area (Å²) in [5, 5.41) is 2.30. The lowest BCUT2D eigenvalue weighted by atomic mass is 9.84. The topological polar surface area (TPSA) is 111 Å². The zero-order chi connectivity index (χ0) is 26.0. The number of nitrogens with zero attached hydrogens (tertiary/aromatic N) is 1. The lowest BCUT2D eigenvalue weighted by molar-refractivity contribution is -0.181. The van der Waals surface area contributed by atoms with Gasteiger partial charge in [-0.05, 0) is 52.2 Å². The summed E-state index contributed by atoms with van der Waals surface area (Å²) in [6, 6.07) is 7.29. The minimum atomic E-state index is -0.860. The Morgan fingerprint density at radius 2 is 1.80 bits per heavy atom. The number of fused-ring (bicyclic) bond motifs is 1. The fourth-order valence-corrected chi connectivity index (χ4v) is 6.15. The molecule has 2 saturated heterocycles. The predicted octanol–water partition coefficient (Wildman–Crippen LogP) is 2.73. The third-order valence-corrected chi connectivity index (χ3v) is 7.53. The molecule has 3 rings (SSSR count). The Balaban J connectivity index is 1.52. The molecule has 1 N–H and O–H groups in total. The van der Waals surface area contributed by atoms with Crippen molar-refractivity contribution in [1.29, 1.82) is 0 Å². The molecule has 0 spiro atoms. The lowest BCUT2D eigenvalue weighted by Crippen LogP contribution is -2.71. The maximum atomic E-state index is 12.9. The van der Waals surface area contributed by atoms with E-state index in [2.05, 4.69) is 5.32 Å². The second-order valence-electron chi connectivity index (χ2n) is 10.4. The van der Waals surface area contributed by atoms with E-state index < -0.39 is 52.3 Å². The van der Waals surface area contributed by atoms with Crippen molar-refractivity contribution >= 4 is 35.5 Å². The summed E-state index contributed by atoms with van der Waals surface area (Å²) in [6.07, 6.45) is 0.638. The molecule has 0 saturated carbocycles. The highest BCUT2D eigenvalue weighted by Gasteiger charge is 2.64. The third kappa shape index (κ3) is 6.09. The van der Waals surface area contributed by atoms with Gasteiger partial charge in [-0.2, -0.15) is 0 Å². The van der Waals surface area contributed by atoms with E-state index in [1.165, 1.54) is 16.7 Å². The van der Waals surface area contributed by atoms with Crippen LogP contribution in [0.2, 0.25) is 0 Å². The van der Waals surface area contributed by atoms with Crippen LogP contribution in [0.15, 0.2) is 30.3 Å². The highest BCUT2D eigenvalue weighted by molar-refractivity contribution is 8.01. The molecule has 9 nitrogen and oxygen atoms in total. The molecule has 3 atom stereocenters. The van der Waals surface area contributed by atoms with E-state index in [0.29, 0.717) is 18.1 Å². The molecule has 192 valence electrons. The van der Waals surface area contributed by atoms with Crippen LogP contribution in [0.1, 0.15) is 48.0 Å². The van der Waals surface area contributed by atoms with Crippen LogP contribution in [0.5, 0.6) is 5.75 Å². The van der Waals surface area contributed by atoms with Crippen molar-refractivity contribution < 1.29 is 33.4 Å². The summed E-state index contributed by atoms with van der Waals surface area (Å²) >= 11 is 1.41. The summed E-state index contributed by atoms with van der Waals surface area (Å²) in [5.41, 5.74) is -0.697. The van der Waals surface area contributed by atoms with Crippen molar-refractivity contribution in [3.63, 3.8) is 0 Å². The van der Waals surface area contributed by atoms with Crippen LogP contribution in [0, 0.1) is 11.3 Å². The Hall–Kier alpha value is -2.75. The number of esters is 2. The van der Waals surface area contributed by atoms with E-state index >= 15 is 0 Å². The Morgan fingerprint density at radius 1 is 1.14 bits per heavy atom. The highest BCUT2D eigenvalue weighted by Crippen LogP contribution is 2.51. The molecule has 0 bridgehead atoms. The van der Waals surface area contributed by atoms with Gasteiger partial charge in [0.2, 0.25) is 12.7 Å². The normalized spacial score (nSPS) is 22.8. The summed E-state index contributed by atoms with van der Waals surface area (Å²) in [4.78, 5) is 51.8. The maximum absolute atomic E-state index is 12.9. The van der Waals surface area contributed by atoms with Crippen LogP contribution in [-0.4, -0.2) is 64.3 Å². The van der Waals surface area contributed by atoms with E-state index in [0.717, 1.165) is 0 Å². The maximum Gasteiger partial charge on any atom is 0.333 e. The standard InChI is InChI=1S/C25H34N2O7S/c1-15(2)12-24(3,4)23(31)34-14-33-22(30)19-25(5,6)35-21-18(20(29)27(19)21)26-17(28)13-32-16-10-8-7-9-11-16/h7-11,15,18-19,21H,12-14H2,1-6H3,(H,26,28)/t18-,19+,21-/m1/s1. The van der Waals surface area contributed by atoms with E-state index in [9.17, 15) is 19.2 Å². The predicted molar refractivity (Wildman–Crippen MR) is 130 cm³/mol. The van der Waals surface area contributed by atoms with Crippen LogP contribution in [0.25, 0.3) is 0 Å². The number of thioether (sulfide) groups is 1. The van der Waals surface area contributed by atoms with Crippen molar-refractivity contribution in [2.75, 3.05) is 13.4 Å². The lowest BCUT2D eigenvalue weighted by Gasteiger charge is -2.43. The average molecular weight is 507 g/mol. The number of ether oxygens (including phenoxy) is 3. The van der Waals surface area contributed by atoms with Gasteiger partial charge in [-0.1, -0.05) is 32.0 Å². The molecular weight excluding hydrogens is 472 g/mol. The van der Waals surface area contributed by atoms with E-state index in [4.69, 9.17) is 14.2 Å². The molecule has 2 aliphatic rings. The smallest absolute Gasteiger partial charge is 0.333 e. The molecule has 0 unspecified atom stereocenters. The number of benzene rings is 1. The zero-order valence-corrected chi connectivity index (χ0v) is 21.8. The molecule has 10 heteroatoms. The molecule has 2 heterocycles. The van der Waals surface area contributed by atoms with Crippen LogP contribution < -0.4 is 10.1 Å². The van der Waals surface area contributed by atoms with Crippen LogP contribution in [-0.2, 0) is 28.7 Å². The second-order valence-corrected chi connectivity index (χ2v) is 12.2. The van der Waals surface area contributed by atoms with Crippen LogP contribution in [0.3, 0.4) is 0 Å². The van der Waals surface area contributed by atoms with Gasteiger partial charge in [-0.15, -0.1) is 11.8 Å². The minimum Gasteiger partial charge on any atom is -0.484 e. The van der Waals surface area contributed by atoms with Gasteiger partial charge in [0, 0.05) is 4.75 Å². The number of β-lactam (4-membered cyclic amide) rings is 1. The van der Waals surface area contributed by atoms with Gasteiger partial charge in [0.25, 0.3) is 5.91 Å². The summed E-state index contributed by atoms with van der Waals surface area (Å²) in [5.74, 6) is -1.02. The van der Waals surface area contributed by atoms with E-state index in [1.54, 1.807) is 38.1 Å². The first-order valence-electron chi connectivity index (χ1n) is 11.6. The summed E-state index contributed by atoms with van der Waals surface area (Å²) < 4.78 is 15.2. The van der Waals surface area contributed by atoms with Gasteiger partial charge < -0.3 is 24.4 Å². The van der Waals surface area contributed by atoms with Gasteiger partial charge in [-0.25, -0.2) is 4.79 Å². The van der Waals surface area contributed by atoms with Gasteiger partial charge in [0.1, 0.15) is 23.2 Å². The second kappa shape index (κ2) is 10.5. The van der Waals surface area contributed by atoms with Gasteiger partial charge >= 0.3 is 11.9 Å². The first-order chi connectivity index (χ1) is 16.3. The number of carbonyl (C=O) groups excluding carboxylic acids is 4. The number of amides is 2. The number of hydrogen-bond acceptors (Lipinski definition) is 8. The Bertz CT molecular complexity index is 964. The highest BCUT2D eigenvalue weighted by atomic mass is 32.2. The van der Waals surface area contributed by atoms with Crippen molar-refractivity contribution in [1.82, 2.24) is 10.2 Å². The van der Waals surface area contributed by atoms with E-state index in [-0.39, 0.29) is 12.5 Å². The molecule has 2 aliphatic heterocycles. The van der Waals surface area contributed by atoms with Crippen molar-refractivity contribution in [3.8, 4) is 5.75 Å². The molecule has 2 fully saturated rings. The van der Waals surface area contributed by atoms with Crippen molar-refractivity contribution in [2.24, 2.45) is 11.3 Å². The number of rotatable bonds is 10. The molecule has 1 aromatic carbocycles. The molecule has 2 amide bonds.